The molecular formula is C28H24N2O3S. The number of methoxy groups -OCH3 is 1. The van der Waals surface area contributed by atoms with E-state index in [9.17, 15) is 9.59 Å². The van der Waals surface area contributed by atoms with Gasteiger partial charge in [0.2, 0.25) is 0 Å². The van der Waals surface area contributed by atoms with Crippen LogP contribution >= 0.6 is 12.2 Å². The van der Waals surface area contributed by atoms with Crippen molar-refractivity contribution in [3.63, 3.8) is 0 Å². The first-order chi connectivity index (χ1) is 16.5. The Morgan fingerprint density at radius 3 is 1.91 bits per heavy atom. The first-order valence-corrected chi connectivity index (χ1v) is 11.2. The molecule has 4 rings (SSSR count). The van der Waals surface area contributed by atoms with Crippen LogP contribution in [0.4, 0.5) is 11.4 Å². The van der Waals surface area contributed by atoms with Gasteiger partial charge in [-0.05, 0) is 67.5 Å². The van der Waals surface area contributed by atoms with Gasteiger partial charge in [-0.1, -0.05) is 66.3 Å². The summed E-state index contributed by atoms with van der Waals surface area (Å²) in [6.45, 7) is 1.97. The fourth-order valence-corrected chi connectivity index (χ4v) is 4.08. The maximum absolute atomic E-state index is 13.5. The number of para-hydroxylation sites is 1. The summed E-state index contributed by atoms with van der Waals surface area (Å²) in [4.78, 5) is 29.8. The Morgan fingerprint density at radius 2 is 1.35 bits per heavy atom. The van der Waals surface area contributed by atoms with Gasteiger partial charge in [0, 0.05) is 0 Å². The zero-order chi connectivity index (χ0) is 24.1. The lowest BCUT2D eigenvalue weighted by Gasteiger charge is -2.36. The Balaban J connectivity index is 1.72. The third kappa shape index (κ3) is 4.82. The fraction of sp³-hybridized carbons (Fsp3) is 0.107. The molecule has 0 unspecified atom stereocenters. The Morgan fingerprint density at radius 1 is 0.824 bits per heavy atom. The van der Waals surface area contributed by atoms with Crippen molar-refractivity contribution in [3.05, 3.63) is 108 Å². The molecule has 3 aromatic rings. The Kier molecular flexibility index (Phi) is 6.99. The summed E-state index contributed by atoms with van der Waals surface area (Å²) in [5.41, 5.74) is 3.33. The highest BCUT2D eigenvalue weighted by molar-refractivity contribution is 7.81. The van der Waals surface area contributed by atoms with E-state index in [1.54, 1.807) is 49.6 Å². The lowest BCUT2D eigenvalue weighted by molar-refractivity contribution is -0.120. The smallest absolute Gasteiger partial charge is 0.269 e. The van der Waals surface area contributed by atoms with Crippen molar-refractivity contribution in [3.8, 4) is 5.75 Å². The largest absolute Gasteiger partial charge is 0.497 e. The van der Waals surface area contributed by atoms with Gasteiger partial charge < -0.3 is 4.74 Å². The molecule has 0 N–H and O–H groups in total. The Bertz CT molecular complexity index is 1270. The minimum atomic E-state index is -0.445. The molecule has 1 heterocycles. The molecule has 1 saturated heterocycles. The standard InChI is InChI=1S/C28H24N2O3S/c1-20(19-21-9-5-3-6-10-21)13-18-25-26(31)29(22-11-7-4-8-12-22)28(34)30(27(25)32)23-14-16-24(33-2)17-15-23/h3-12,14-19H,13H2,1-2H3/b20-19-,25-18-. The third-order valence-electron chi connectivity index (χ3n) is 5.44. The van der Waals surface area contributed by atoms with E-state index in [4.69, 9.17) is 17.0 Å². The summed E-state index contributed by atoms with van der Waals surface area (Å²) in [5, 5.41) is 0.111. The van der Waals surface area contributed by atoms with E-state index in [2.05, 4.69) is 0 Å². The monoisotopic (exact) mass is 468 g/mol. The predicted octanol–water partition coefficient (Wildman–Crippen LogP) is 5.78. The van der Waals surface area contributed by atoms with E-state index in [0.717, 1.165) is 11.1 Å². The topological polar surface area (TPSA) is 49.9 Å². The number of anilines is 2. The number of nitrogens with zero attached hydrogens (tertiary/aromatic N) is 2. The van der Waals surface area contributed by atoms with Crippen molar-refractivity contribution in [1.82, 2.24) is 0 Å². The van der Waals surface area contributed by atoms with E-state index in [0.29, 0.717) is 23.5 Å². The first-order valence-electron chi connectivity index (χ1n) is 10.8. The number of amides is 2. The minimum Gasteiger partial charge on any atom is -0.497 e. The van der Waals surface area contributed by atoms with Crippen molar-refractivity contribution in [1.29, 1.82) is 0 Å². The third-order valence-corrected chi connectivity index (χ3v) is 5.80. The van der Waals surface area contributed by atoms with Crippen LogP contribution in [0.15, 0.2) is 102 Å². The van der Waals surface area contributed by atoms with Crippen molar-refractivity contribution < 1.29 is 14.3 Å². The molecule has 2 amide bonds. The van der Waals surface area contributed by atoms with Crippen molar-refractivity contribution in [2.24, 2.45) is 0 Å². The van der Waals surface area contributed by atoms with Gasteiger partial charge in [-0.15, -0.1) is 0 Å². The molecule has 34 heavy (non-hydrogen) atoms. The van der Waals surface area contributed by atoms with Gasteiger partial charge in [0.25, 0.3) is 11.8 Å². The second-order valence-corrected chi connectivity index (χ2v) is 8.19. The molecule has 0 spiro atoms. The van der Waals surface area contributed by atoms with Crippen LogP contribution in [0.2, 0.25) is 0 Å². The fourth-order valence-electron chi connectivity index (χ4n) is 3.70. The van der Waals surface area contributed by atoms with Gasteiger partial charge in [-0.25, -0.2) is 0 Å². The molecule has 5 nitrogen and oxygen atoms in total. The summed E-state index contributed by atoms with van der Waals surface area (Å²) < 4.78 is 5.23. The van der Waals surface area contributed by atoms with Crippen LogP contribution in [-0.4, -0.2) is 24.0 Å². The molecule has 1 fully saturated rings. The van der Waals surface area contributed by atoms with E-state index >= 15 is 0 Å². The molecule has 0 saturated carbocycles. The molecule has 0 atom stereocenters. The molecule has 0 aromatic heterocycles. The van der Waals surface area contributed by atoms with Crippen LogP contribution in [0.5, 0.6) is 5.75 Å². The molecule has 0 aliphatic carbocycles. The van der Waals surface area contributed by atoms with Crippen LogP contribution < -0.4 is 14.5 Å². The summed E-state index contributed by atoms with van der Waals surface area (Å²) in [6, 6.07) is 26.0. The Labute approximate surface area is 204 Å². The number of carbonyl (C=O) groups excluding carboxylic acids is 2. The highest BCUT2D eigenvalue weighted by Crippen LogP contribution is 2.30. The van der Waals surface area contributed by atoms with Crippen LogP contribution in [0.1, 0.15) is 18.9 Å². The highest BCUT2D eigenvalue weighted by atomic mass is 32.1. The number of benzene rings is 3. The average Bonchev–Trinajstić information content (AvgIpc) is 2.85. The molecular weight excluding hydrogens is 444 g/mol. The van der Waals surface area contributed by atoms with Crippen molar-refractivity contribution in [2.75, 3.05) is 16.9 Å². The summed E-state index contributed by atoms with van der Waals surface area (Å²) in [6.07, 6.45) is 4.18. The van der Waals surface area contributed by atoms with Gasteiger partial charge in [0.15, 0.2) is 5.11 Å². The maximum atomic E-state index is 13.5. The van der Waals surface area contributed by atoms with E-state index < -0.39 is 11.8 Å². The first kappa shape index (κ1) is 23.1. The van der Waals surface area contributed by atoms with E-state index in [-0.39, 0.29) is 10.7 Å². The second-order valence-electron chi connectivity index (χ2n) is 7.82. The van der Waals surface area contributed by atoms with Gasteiger partial charge in [-0.3, -0.25) is 19.4 Å². The normalized spacial score (nSPS) is 15.8. The molecule has 3 aromatic carbocycles. The minimum absolute atomic E-state index is 0.0779. The molecule has 1 aliphatic rings. The van der Waals surface area contributed by atoms with Crippen LogP contribution in [-0.2, 0) is 9.59 Å². The summed E-state index contributed by atoms with van der Waals surface area (Å²) >= 11 is 5.64. The van der Waals surface area contributed by atoms with Crippen LogP contribution in [0.3, 0.4) is 0 Å². The predicted molar refractivity (Wildman–Crippen MR) is 140 cm³/mol. The van der Waals surface area contributed by atoms with Gasteiger partial charge >= 0.3 is 0 Å². The van der Waals surface area contributed by atoms with E-state index in [1.807, 2.05) is 61.5 Å². The number of hydrogen-bond donors (Lipinski definition) is 0. The molecule has 6 heteroatoms. The lowest BCUT2D eigenvalue weighted by atomic mass is 10.0. The number of ether oxygens (including phenoxy) is 1. The van der Waals surface area contributed by atoms with Crippen LogP contribution in [0, 0.1) is 0 Å². The van der Waals surface area contributed by atoms with Crippen LogP contribution in [0.25, 0.3) is 6.08 Å². The van der Waals surface area contributed by atoms with Gasteiger partial charge in [-0.2, -0.15) is 0 Å². The number of carbonyl (C=O) groups is 2. The van der Waals surface area contributed by atoms with Crippen molar-refractivity contribution in [2.45, 2.75) is 13.3 Å². The van der Waals surface area contributed by atoms with E-state index in [1.165, 1.54) is 9.80 Å². The maximum Gasteiger partial charge on any atom is 0.269 e. The zero-order valence-corrected chi connectivity index (χ0v) is 19.8. The SMILES string of the molecule is COc1ccc(N2C(=O)/C(=C\C/C(C)=C\c3ccccc3)C(=O)N(c3ccccc3)C2=S)cc1. The Hall–Kier alpha value is -4.03. The number of rotatable bonds is 6. The summed E-state index contributed by atoms with van der Waals surface area (Å²) in [5.74, 6) is -0.217. The number of thiocarbonyl (C=S) groups is 1. The quantitative estimate of drug-likeness (QED) is 0.261. The molecule has 1 aliphatic heterocycles. The lowest BCUT2D eigenvalue weighted by Crippen LogP contribution is -2.57. The zero-order valence-electron chi connectivity index (χ0n) is 19.0. The molecule has 0 radical (unpaired) electrons. The molecule has 0 bridgehead atoms. The van der Waals surface area contributed by atoms with Gasteiger partial charge in [0.1, 0.15) is 11.3 Å². The highest BCUT2D eigenvalue weighted by Gasteiger charge is 2.40. The van der Waals surface area contributed by atoms with Crippen molar-refractivity contribution >= 4 is 46.6 Å². The second kappa shape index (κ2) is 10.3. The molecule has 170 valence electrons. The summed E-state index contributed by atoms with van der Waals surface area (Å²) in [7, 11) is 1.58. The number of hydrogen-bond acceptors (Lipinski definition) is 4. The number of allylic oxidation sites excluding steroid dienone is 2. The van der Waals surface area contributed by atoms with Gasteiger partial charge in [0.05, 0.1) is 18.5 Å². The average molecular weight is 469 g/mol.